The second-order valence-corrected chi connectivity index (χ2v) is 0.822. The van der Waals surface area contributed by atoms with Gasteiger partial charge < -0.3 is 37.9 Å². The molecule has 48 valence electrons. The van der Waals surface area contributed by atoms with Crippen LogP contribution in [0.4, 0.5) is 0 Å². The molecule has 0 aliphatic carbocycles. The van der Waals surface area contributed by atoms with E-state index in [4.69, 9.17) is 15.8 Å². The smallest absolute Gasteiger partial charge is 0.696 e. The molecule has 8 heteroatoms. The predicted octanol–water partition coefficient (Wildman–Crippen LogP) is -2.96. The van der Waals surface area contributed by atoms with Crippen LogP contribution in [-0.4, -0.2) is 0 Å². The van der Waals surface area contributed by atoms with Gasteiger partial charge in [0.2, 0.25) is 0 Å². The minimum Gasteiger partial charge on any atom is -0.696 e. The number of hydrogen-bond donors (Lipinski definition) is 0. The van der Waals surface area contributed by atoms with Gasteiger partial charge in [-0.2, -0.15) is 0 Å². The Labute approximate surface area is 146 Å². The molecule has 0 aromatic rings. The first-order valence-electron chi connectivity index (χ1n) is 1.28. The van der Waals surface area contributed by atoms with Gasteiger partial charge in [0.15, 0.2) is 0 Å². The van der Waals surface area contributed by atoms with Crippen molar-refractivity contribution < 1.29 is 79.1 Å². The fourth-order valence-corrected chi connectivity index (χ4v) is 0. The number of rotatable bonds is 0. The quantitative estimate of drug-likeness (QED) is 0.240. The third-order valence-electron chi connectivity index (χ3n) is 0. The summed E-state index contributed by atoms with van der Waals surface area (Å²) >= 11 is 11.1. The molecule has 0 heterocycles. The molecule has 0 fully saturated rings. The van der Waals surface area contributed by atoms with Crippen LogP contribution in [0.2, 0.25) is 0 Å². The Hall–Kier alpha value is 1.70. The number of hydrogen-bond acceptors (Lipinski definition) is 6. The second-order valence-electron chi connectivity index (χ2n) is 0.274. The zero-order chi connectivity index (χ0) is 8.12. The van der Waals surface area contributed by atoms with Crippen LogP contribution in [0.15, 0.2) is 0 Å². The molecular formula is C3HgKN3S3. The number of thiocyanates is 3. The van der Waals surface area contributed by atoms with E-state index in [-0.39, 0.29) is 79.1 Å². The van der Waals surface area contributed by atoms with Gasteiger partial charge in [0.1, 0.15) is 0 Å². The Kier molecular flexibility index (Phi) is 162. The third-order valence-corrected chi connectivity index (χ3v) is 0. The van der Waals surface area contributed by atoms with Gasteiger partial charge in [-0.15, -0.1) is 0 Å². The van der Waals surface area contributed by atoms with E-state index in [2.05, 4.69) is 37.9 Å². The maximum absolute atomic E-state index is 7.13. The third kappa shape index (κ3) is 380. The molecule has 0 bridgehead atoms. The van der Waals surface area contributed by atoms with Gasteiger partial charge in [0.25, 0.3) is 0 Å². The van der Waals surface area contributed by atoms with Gasteiger partial charge in [-0.1, -0.05) is 16.2 Å². The van der Waals surface area contributed by atoms with E-state index in [0.717, 1.165) is 0 Å². The molecule has 0 N–H and O–H groups in total. The molecule has 0 saturated heterocycles. The fourth-order valence-electron chi connectivity index (χ4n) is 0. The summed E-state index contributed by atoms with van der Waals surface area (Å²) in [6.45, 7) is 0. The topological polar surface area (TPSA) is 71.4 Å². The van der Waals surface area contributed by atoms with Crippen LogP contribution in [0.5, 0.6) is 0 Å². The summed E-state index contributed by atoms with van der Waals surface area (Å²) in [5.41, 5.74) is 0. The van der Waals surface area contributed by atoms with Crippen LogP contribution < -0.4 is 51.4 Å². The first-order valence-corrected chi connectivity index (χ1v) is 2.51. The summed E-state index contributed by atoms with van der Waals surface area (Å²) in [7, 11) is 0. The van der Waals surface area contributed by atoms with Crippen LogP contribution >= 0.6 is 0 Å². The SMILES string of the molecule is N#C[S-].N#C[S-].N#C[S-].[Hg+2].[K+]. The van der Waals surface area contributed by atoms with Crippen molar-refractivity contribution in [2.75, 3.05) is 0 Å². The van der Waals surface area contributed by atoms with E-state index in [1.807, 2.05) is 0 Å². The van der Waals surface area contributed by atoms with Crippen molar-refractivity contribution in [1.29, 1.82) is 15.8 Å². The van der Waals surface area contributed by atoms with Crippen LogP contribution in [-0.2, 0) is 65.6 Å². The molecule has 11 heavy (non-hydrogen) atoms. The molecule has 0 aromatic heterocycles. The molecule has 3 nitrogen and oxygen atoms in total. The van der Waals surface area contributed by atoms with Crippen molar-refractivity contribution in [2.24, 2.45) is 0 Å². The van der Waals surface area contributed by atoms with Crippen LogP contribution in [0, 0.1) is 32.0 Å². The van der Waals surface area contributed by atoms with Gasteiger partial charge in [-0.25, -0.2) is 15.8 Å². The molecular weight excluding hydrogens is 414 g/mol. The minimum atomic E-state index is 0. The summed E-state index contributed by atoms with van der Waals surface area (Å²) in [6, 6.07) is 0. The summed E-state index contributed by atoms with van der Waals surface area (Å²) in [5, 5.41) is 25.4. The van der Waals surface area contributed by atoms with Crippen LogP contribution in [0.25, 0.3) is 0 Å². The summed E-state index contributed by atoms with van der Waals surface area (Å²) in [6.07, 6.45) is 0. The average Bonchev–Trinajstić information content (AvgIpc) is 1.70. The van der Waals surface area contributed by atoms with E-state index in [1.54, 1.807) is 0 Å². The molecule has 0 aromatic carbocycles. The second kappa shape index (κ2) is 60.6. The maximum Gasteiger partial charge on any atom is 2.00 e. The minimum absolute atomic E-state index is 0. The number of nitrogens with zero attached hydrogens (tertiary/aromatic N) is 3. The zero-order valence-corrected chi connectivity index (χ0v) is 16.8. The molecule has 0 aliphatic rings. The van der Waals surface area contributed by atoms with Crippen molar-refractivity contribution in [3.63, 3.8) is 0 Å². The van der Waals surface area contributed by atoms with Gasteiger partial charge in [-0.05, 0) is 0 Å². The number of nitriles is 3. The molecule has 0 atom stereocenters. The first kappa shape index (κ1) is 29.3. The molecule has 0 amide bonds. The summed E-state index contributed by atoms with van der Waals surface area (Å²) in [5.74, 6) is 0. The Balaban J connectivity index is -0.0000000150. The van der Waals surface area contributed by atoms with Gasteiger partial charge >= 0.3 is 79.1 Å². The molecule has 0 aliphatic heterocycles. The first-order chi connectivity index (χ1) is 4.24. The molecule has 0 saturated carbocycles. The van der Waals surface area contributed by atoms with Gasteiger partial charge in [0, 0.05) is 0 Å². The van der Waals surface area contributed by atoms with Crippen LogP contribution in [0.1, 0.15) is 0 Å². The van der Waals surface area contributed by atoms with E-state index in [0.29, 0.717) is 0 Å². The maximum atomic E-state index is 7.13. The van der Waals surface area contributed by atoms with Crippen molar-refractivity contribution in [3.05, 3.63) is 0 Å². The van der Waals surface area contributed by atoms with Gasteiger partial charge in [-0.3, -0.25) is 0 Å². The Morgan fingerprint density at radius 1 is 0.727 bits per heavy atom. The van der Waals surface area contributed by atoms with E-state index < -0.39 is 0 Å². The molecule has 0 rings (SSSR count). The largest absolute Gasteiger partial charge is 2.00 e. The normalized spacial score (nSPS) is 1.91. The summed E-state index contributed by atoms with van der Waals surface area (Å²) in [4.78, 5) is 0. The van der Waals surface area contributed by atoms with Crippen molar-refractivity contribution in [2.45, 2.75) is 0 Å². The van der Waals surface area contributed by atoms with Crippen LogP contribution in [0.3, 0.4) is 0 Å². The Bertz CT molecular complexity index is 117. The molecule has 0 spiro atoms. The van der Waals surface area contributed by atoms with Crippen molar-refractivity contribution in [3.8, 4) is 16.2 Å². The van der Waals surface area contributed by atoms with Crippen molar-refractivity contribution >= 4 is 37.9 Å². The Morgan fingerprint density at radius 2 is 0.727 bits per heavy atom. The Morgan fingerprint density at radius 3 is 0.727 bits per heavy atom. The molecule has 0 radical (unpaired) electrons. The fraction of sp³-hybridized carbons (Fsp3) is 0. The zero-order valence-electron chi connectivity index (χ0n) is 5.77. The summed E-state index contributed by atoms with van der Waals surface area (Å²) < 4.78 is 0. The van der Waals surface area contributed by atoms with E-state index in [1.165, 1.54) is 16.2 Å². The predicted molar refractivity (Wildman–Crippen MR) is 38.9 cm³/mol. The van der Waals surface area contributed by atoms with Gasteiger partial charge in [0.05, 0.1) is 0 Å². The van der Waals surface area contributed by atoms with E-state index >= 15 is 0 Å². The standard InChI is InChI=1S/3CHNS.Hg.K/c3*2-1-3;;/h3*3H;;/q;;;+2;+1/p-3. The molecule has 0 unspecified atom stereocenters. The average molecular weight is 414 g/mol. The van der Waals surface area contributed by atoms with Crippen molar-refractivity contribution in [1.82, 2.24) is 0 Å². The van der Waals surface area contributed by atoms with E-state index in [9.17, 15) is 0 Å². The monoisotopic (exact) mass is 415 g/mol.